The summed E-state index contributed by atoms with van der Waals surface area (Å²) in [7, 11) is 0. The molecule has 19 nitrogen and oxygen atoms in total. The quantitative estimate of drug-likeness (QED) is 0.0572. The first-order chi connectivity index (χ1) is 22.4. The number of rotatable bonds is 12. The SMILES string of the molecule is CC(Cc1ccc(O)c(O)c1)(NN)C(=O)O.NC(CO)C(=O)NNCc1ccc(O)c(O)c1O.N[C@H](Cc1ccc(O)c(O)c1)C(=O)O. The maximum atomic E-state index is 11.2. The summed E-state index contributed by atoms with van der Waals surface area (Å²) in [5.74, 6) is -0.236. The Morgan fingerprint density at radius 1 is 0.750 bits per heavy atom. The zero-order valence-corrected chi connectivity index (χ0v) is 25.5. The molecule has 0 fully saturated rings. The first kappa shape index (κ1) is 40.5. The van der Waals surface area contributed by atoms with Crippen LogP contribution in [0.15, 0.2) is 48.5 Å². The number of nitrogens with two attached hydrogens (primary N) is 3. The van der Waals surface area contributed by atoms with E-state index < -0.39 is 59.3 Å². The van der Waals surface area contributed by atoms with Gasteiger partial charge in [0, 0.05) is 18.5 Å². The largest absolute Gasteiger partial charge is 0.504 e. The van der Waals surface area contributed by atoms with Crippen LogP contribution in [-0.2, 0) is 33.8 Å². The third kappa shape index (κ3) is 12.3. The van der Waals surface area contributed by atoms with Gasteiger partial charge in [0.2, 0.25) is 5.75 Å². The zero-order chi connectivity index (χ0) is 36.8. The van der Waals surface area contributed by atoms with E-state index in [-0.39, 0.29) is 47.9 Å². The summed E-state index contributed by atoms with van der Waals surface area (Å²) >= 11 is 0. The second-order valence-corrected chi connectivity index (χ2v) is 10.3. The molecule has 0 heterocycles. The van der Waals surface area contributed by atoms with Crippen molar-refractivity contribution in [2.75, 3.05) is 6.61 Å². The molecule has 0 radical (unpaired) electrons. The summed E-state index contributed by atoms with van der Waals surface area (Å²) in [6.07, 6.45) is 0.204. The number of nitrogens with one attached hydrogen (secondary N) is 3. The van der Waals surface area contributed by atoms with Crippen molar-refractivity contribution in [3.63, 3.8) is 0 Å². The van der Waals surface area contributed by atoms with E-state index in [2.05, 4.69) is 16.3 Å². The summed E-state index contributed by atoms with van der Waals surface area (Å²) in [4.78, 5) is 32.5. The third-order valence-corrected chi connectivity index (χ3v) is 6.44. The molecule has 3 aromatic rings. The smallest absolute Gasteiger partial charge is 0.325 e. The van der Waals surface area contributed by atoms with Crippen LogP contribution in [0.4, 0.5) is 0 Å². The molecule has 0 aliphatic rings. The number of hydrazine groups is 2. The van der Waals surface area contributed by atoms with Crippen molar-refractivity contribution < 1.29 is 65.4 Å². The number of aliphatic hydroxyl groups excluding tert-OH is 1. The fourth-order valence-corrected chi connectivity index (χ4v) is 3.47. The second kappa shape index (κ2) is 18.5. The van der Waals surface area contributed by atoms with Crippen LogP contribution in [0.3, 0.4) is 0 Å². The number of carboxylic acid groups (broad SMARTS) is 2. The summed E-state index contributed by atoms with van der Waals surface area (Å²) in [6, 6.07) is 8.74. The molecule has 48 heavy (non-hydrogen) atoms. The fraction of sp³-hybridized carbons (Fsp3) is 0.276. The van der Waals surface area contributed by atoms with E-state index in [4.69, 9.17) is 53.1 Å². The predicted octanol–water partition coefficient (Wildman–Crippen LogP) is -1.76. The molecule has 19 heteroatoms. The molecule has 0 spiro atoms. The van der Waals surface area contributed by atoms with Gasteiger partial charge in [-0.1, -0.05) is 18.2 Å². The number of carbonyl (C=O) groups is 3. The zero-order valence-electron chi connectivity index (χ0n) is 25.5. The van der Waals surface area contributed by atoms with Crippen molar-refractivity contribution in [1.82, 2.24) is 16.3 Å². The highest BCUT2D eigenvalue weighted by molar-refractivity contribution is 5.81. The van der Waals surface area contributed by atoms with E-state index in [1.165, 1.54) is 55.5 Å². The number of phenolic OH excluding ortho intramolecular Hbond substituents is 7. The Kier molecular flexibility index (Phi) is 15.6. The minimum Gasteiger partial charge on any atom is -0.504 e. The van der Waals surface area contributed by atoms with E-state index >= 15 is 0 Å². The number of aliphatic carboxylic acids is 2. The molecule has 3 atom stereocenters. The van der Waals surface area contributed by atoms with E-state index in [1.54, 1.807) is 0 Å². The van der Waals surface area contributed by atoms with Crippen LogP contribution in [0, 0.1) is 0 Å². The molecule has 0 bridgehead atoms. The third-order valence-electron chi connectivity index (χ3n) is 6.44. The highest BCUT2D eigenvalue weighted by atomic mass is 16.4. The van der Waals surface area contributed by atoms with Gasteiger partial charge < -0.3 is 62.5 Å². The van der Waals surface area contributed by atoms with Gasteiger partial charge in [-0.3, -0.25) is 25.7 Å². The number of benzene rings is 3. The lowest BCUT2D eigenvalue weighted by Crippen LogP contribution is -2.54. The molecule has 2 unspecified atom stereocenters. The fourth-order valence-electron chi connectivity index (χ4n) is 3.47. The van der Waals surface area contributed by atoms with Crippen LogP contribution < -0.4 is 33.6 Å². The number of amides is 1. The van der Waals surface area contributed by atoms with Gasteiger partial charge >= 0.3 is 11.9 Å². The van der Waals surface area contributed by atoms with E-state index in [9.17, 15) is 29.7 Å². The van der Waals surface area contributed by atoms with Crippen LogP contribution in [0.5, 0.6) is 40.2 Å². The Balaban J connectivity index is 0.000000363. The highest BCUT2D eigenvalue weighted by Gasteiger charge is 2.32. The normalized spacial score (nSPS) is 12.9. The Morgan fingerprint density at radius 3 is 1.75 bits per heavy atom. The Hall–Kier alpha value is -5.57. The molecule has 19 N–H and O–H groups in total. The molecule has 0 saturated carbocycles. The van der Waals surface area contributed by atoms with Crippen LogP contribution in [-0.4, -0.2) is 93.1 Å². The predicted molar refractivity (Wildman–Crippen MR) is 167 cm³/mol. The Bertz CT molecular complexity index is 1560. The van der Waals surface area contributed by atoms with E-state index in [0.717, 1.165) is 0 Å². The average Bonchev–Trinajstić information content (AvgIpc) is 3.04. The molecule has 1 amide bonds. The molecule has 0 aliphatic carbocycles. The van der Waals surface area contributed by atoms with E-state index in [0.29, 0.717) is 11.1 Å². The number of carbonyl (C=O) groups excluding carboxylic acids is 1. The first-order valence-corrected chi connectivity index (χ1v) is 13.7. The number of aliphatic hydroxyl groups is 1. The molecule has 3 rings (SSSR count). The Labute approximate surface area is 273 Å². The number of hydrogen-bond donors (Lipinski definition) is 16. The van der Waals surface area contributed by atoms with Gasteiger partial charge in [0.15, 0.2) is 34.5 Å². The van der Waals surface area contributed by atoms with Crippen LogP contribution in [0.1, 0.15) is 23.6 Å². The van der Waals surface area contributed by atoms with Crippen molar-refractivity contribution in [2.45, 2.75) is 43.9 Å². The molecular weight excluding hydrogens is 640 g/mol. The van der Waals surface area contributed by atoms with Crippen molar-refractivity contribution in [1.29, 1.82) is 0 Å². The van der Waals surface area contributed by atoms with Gasteiger partial charge in [0.05, 0.1) is 6.61 Å². The van der Waals surface area contributed by atoms with Crippen LogP contribution in [0.25, 0.3) is 0 Å². The van der Waals surface area contributed by atoms with Crippen molar-refractivity contribution in [2.24, 2.45) is 17.3 Å². The lowest BCUT2D eigenvalue weighted by Gasteiger charge is -2.23. The van der Waals surface area contributed by atoms with Gasteiger partial charge in [-0.05, 0) is 54.8 Å². The summed E-state index contributed by atoms with van der Waals surface area (Å²) in [5.41, 5.74) is 17.5. The lowest BCUT2D eigenvalue weighted by atomic mass is 9.93. The highest BCUT2D eigenvalue weighted by Crippen LogP contribution is 2.36. The Morgan fingerprint density at radius 2 is 1.27 bits per heavy atom. The summed E-state index contributed by atoms with van der Waals surface area (Å²) < 4.78 is 0. The summed E-state index contributed by atoms with van der Waals surface area (Å²) in [6.45, 7) is 0.946. The number of aromatic hydroxyl groups is 7. The number of phenols is 7. The number of hydrogen-bond acceptors (Lipinski definition) is 16. The molecule has 264 valence electrons. The maximum Gasteiger partial charge on any atom is 0.325 e. The molecule has 0 aromatic heterocycles. The molecule has 0 saturated heterocycles. The second-order valence-electron chi connectivity index (χ2n) is 10.3. The monoisotopic (exact) mass is 680 g/mol. The van der Waals surface area contributed by atoms with Crippen LogP contribution >= 0.6 is 0 Å². The first-order valence-electron chi connectivity index (χ1n) is 13.7. The van der Waals surface area contributed by atoms with E-state index in [1.807, 2.05) is 0 Å². The van der Waals surface area contributed by atoms with Gasteiger partial charge in [0.1, 0.15) is 17.6 Å². The van der Waals surface area contributed by atoms with Crippen LogP contribution in [0.2, 0.25) is 0 Å². The number of carboxylic acids is 2. The summed E-state index contributed by atoms with van der Waals surface area (Å²) in [5, 5.41) is 90.4. The van der Waals surface area contributed by atoms with Gasteiger partial charge in [-0.15, -0.1) is 0 Å². The minimum absolute atomic E-state index is 0.00353. The van der Waals surface area contributed by atoms with Crippen molar-refractivity contribution in [3.05, 3.63) is 65.2 Å². The topological polar surface area (TPSA) is 368 Å². The lowest BCUT2D eigenvalue weighted by molar-refractivity contribution is -0.144. The van der Waals surface area contributed by atoms with Gasteiger partial charge in [0.25, 0.3) is 5.91 Å². The van der Waals surface area contributed by atoms with Gasteiger partial charge in [-0.25, -0.2) is 10.9 Å². The van der Waals surface area contributed by atoms with Crippen molar-refractivity contribution in [3.8, 4) is 40.2 Å². The minimum atomic E-state index is -1.32. The van der Waals surface area contributed by atoms with Gasteiger partial charge in [-0.2, -0.15) is 0 Å². The van der Waals surface area contributed by atoms with Crippen molar-refractivity contribution >= 4 is 17.8 Å². The molecule has 0 aliphatic heterocycles. The average molecular weight is 681 g/mol. The standard InChI is InChI=1S/C10H15N3O5.C10H14N2O4.C9H11NO4/c11-6(4-14)10(18)13-12-3-5-1-2-7(15)9(17)8(5)16;1-10(12-11,9(15)16)5-6-2-3-7(13)8(14)4-6;10-6(9(13)14)3-5-1-2-7(11)8(12)4-5/h1-2,6,12,14-17H,3-4,11H2,(H,13,18);2-4,12-14H,5,11H2,1H3,(H,15,16);1-2,4,6,11-12H,3,10H2,(H,13,14)/t;;6-/m..1/s1. The molecule has 3 aromatic carbocycles. The molecular formula is C29H40N6O13. The maximum absolute atomic E-state index is 11.2.